The normalized spacial score (nSPS) is 14.9. The highest BCUT2D eigenvalue weighted by Crippen LogP contribution is 2.37. The molecule has 0 saturated heterocycles. The Morgan fingerprint density at radius 1 is 1.00 bits per heavy atom. The number of amides is 2. The molecule has 5 rings (SSSR count). The first-order chi connectivity index (χ1) is 18.7. The molecule has 1 atom stereocenters. The number of carbonyl (C=O) groups excluding carboxylic acids is 3. The third-order valence-electron chi connectivity index (χ3n) is 7.41. The maximum absolute atomic E-state index is 13.4. The molecule has 1 aliphatic rings. The molecule has 0 fully saturated rings. The molecule has 0 radical (unpaired) electrons. The van der Waals surface area contributed by atoms with E-state index in [-0.39, 0.29) is 5.91 Å². The van der Waals surface area contributed by atoms with Crippen LogP contribution >= 0.6 is 0 Å². The number of hydrogen-bond acceptors (Lipinski definition) is 5. The van der Waals surface area contributed by atoms with E-state index in [1.807, 2.05) is 36.4 Å². The van der Waals surface area contributed by atoms with Crippen LogP contribution in [-0.4, -0.2) is 34.9 Å². The average molecular weight is 522 g/mol. The van der Waals surface area contributed by atoms with Crippen molar-refractivity contribution in [2.45, 2.75) is 45.6 Å². The first-order valence-electron chi connectivity index (χ1n) is 13.1. The molecule has 3 aromatic carbocycles. The zero-order chi connectivity index (χ0) is 27.7. The fourth-order valence-corrected chi connectivity index (χ4v) is 4.88. The van der Waals surface area contributed by atoms with Gasteiger partial charge in [-0.15, -0.1) is 0 Å². The van der Waals surface area contributed by atoms with Gasteiger partial charge in [0.1, 0.15) is 5.54 Å². The molecule has 2 heterocycles. The zero-order valence-electron chi connectivity index (χ0n) is 22.5. The molecule has 39 heavy (non-hydrogen) atoms. The van der Waals surface area contributed by atoms with Gasteiger partial charge in [-0.25, -0.2) is 9.78 Å². The van der Waals surface area contributed by atoms with E-state index >= 15 is 0 Å². The monoisotopic (exact) mass is 521 g/mol. The van der Waals surface area contributed by atoms with Crippen molar-refractivity contribution in [3.63, 3.8) is 0 Å². The minimum Gasteiger partial charge on any atom is -0.452 e. The minimum absolute atomic E-state index is 0.315. The van der Waals surface area contributed by atoms with Gasteiger partial charge in [0.2, 0.25) is 5.91 Å². The summed E-state index contributed by atoms with van der Waals surface area (Å²) in [4.78, 5) is 45.7. The molecule has 1 aliphatic heterocycles. The Kier molecular flexibility index (Phi) is 6.91. The van der Waals surface area contributed by atoms with Gasteiger partial charge < -0.3 is 10.1 Å². The number of pyridine rings is 1. The van der Waals surface area contributed by atoms with Crippen molar-refractivity contribution < 1.29 is 19.1 Å². The van der Waals surface area contributed by atoms with Crippen molar-refractivity contribution in [3.05, 3.63) is 90.0 Å². The van der Waals surface area contributed by atoms with Crippen LogP contribution in [0, 0.1) is 0 Å². The molecule has 7 nitrogen and oxygen atoms in total. The molecule has 0 aliphatic carbocycles. The van der Waals surface area contributed by atoms with Crippen LogP contribution < -0.4 is 10.2 Å². The van der Waals surface area contributed by atoms with Crippen LogP contribution in [-0.2, 0) is 14.3 Å². The van der Waals surface area contributed by atoms with Crippen LogP contribution in [0.4, 0.5) is 11.4 Å². The lowest BCUT2D eigenvalue weighted by atomic mass is 9.96. The quantitative estimate of drug-likeness (QED) is 0.299. The van der Waals surface area contributed by atoms with Crippen molar-refractivity contribution in [3.8, 4) is 11.3 Å². The van der Waals surface area contributed by atoms with Crippen molar-refractivity contribution in [1.82, 2.24) is 4.98 Å². The van der Waals surface area contributed by atoms with E-state index in [1.54, 1.807) is 44.2 Å². The summed E-state index contributed by atoms with van der Waals surface area (Å²) >= 11 is 0. The Labute approximate surface area is 227 Å². The molecule has 1 N–H and O–H groups in total. The van der Waals surface area contributed by atoms with Crippen molar-refractivity contribution in [1.29, 1.82) is 0 Å². The van der Waals surface area contributed by atoms with Crippen LogP contribution in [0.2, 0.25) is 0 Å². The van der Waals surface area contributed by atoms with Crippen LogP contribution in [0.3, 0.4) is 0 Å². The second-order valence-corrected chi connectivity index (χ2v) is 10.3. The Balaban J connectivity index is 1.43. The van der Waals surface area contributed by atoms with Gasteiger partial charge in [-0.05, 0) is 56.0 Å². The predicted molar refractivity (Wildman–Crippen MR) is 153 cm³/mol. The van der Waals surface area contributed by atoms with Crippen LogP contribution in [0.5, 0.6) is 0 Å². The van der Waals surface area contributed by atoms with Gasteiger partial charge in [-0.3, -0.25) is 14.5 Å². The highest BCUT2D eigenvalue weighted by Gasteiger charge is 2.43. The lowest BCUT2D eigenvalue weighted by Gasteiger charge is -2.41. The van der Waals surface area contributed by atoms with Crippen molar-refractivity contribution in [2.24, 2.45) is 0 Å². The second kappa shape index (κ2) is 10.3. The summed E-state index contributed by atoms with van der Waals surface area (Å²) in [5, 5.41) is 3.47. The lowest BCUT2D eigenvalue weighted by Crippen LogP contribution is -2.59. The van der Waals surface area contributed by atoms with Gasteiger partial charge in [0.05, 0.1) is 28.1 Å². The Bertz CT molecular complexity index is 1580. The zero-order valence-corrected chi connectivity index (χ0v) is 22.5. The van der Waals surface area contributed by atoms with E-state index in [2.05, 4.69) is 31.3 Å². The van der Waals surface area contributed by atoms with Gasteiger partial charge in [0, 0.05) is 10.9 Å². The average Bonchev–Trinajstić information content (AvgIpc) is 2.95. The van der Waals surface area contributed by atoms with E-state index < -0.39 is 24.0 Å². The molecule has 4 aromatic rings. The van der Waals surface area contributed by atoms with Crippen molar-refractivity contribution >= 4 is 40.1 Å². The number of fused-ring (bicyclic) bond motifs is 2. The molecular formula is C32H31N3O4. The Morgan fingerprint density at radius 3 is 2.44 bits per heavy atom. The van der Waals surface area contributed by atoms with E-state index in [0.29, 0.717) is 39.5 Å². The van der Waals surface area contributed by atoms with Crippen LogP contribution in [0.1, 0.15) is 56.0 Å². The number of carbonyl (C=O) groups is 3. The summed E-state index contributed by atoms with van der Waals surface area (Å²) in [5.74, 6) is -0.985. The molecule has 0 spiro atoms. The van der Waals surface area contributed by atoms with E-state index in [4.69, 9.17) is 9.72 Å². The Morgan fingerprint density at radius 2 is 1.69 bits per heavy atom. The number of nitrogens with zero attached hydrogens (tertiary/aromatic N) is 2. The molecule has 2 amide bonds. The number of ether oxygens (including phenoxy) is 1. The topological polar surface area (TPSA) is 88.6 Å². The number of anilines is 2. The number of para-hydroxylation sites is 3. The van der Waals surface area contributed by atoms with Crippen LogP contribution in [0.15, 0.2) is 78.9 Å². The number of rotatable bonds is 6. The highest BCUT2D eigenvalue weighted by molar-refractivity contribution is 6.15. The first-order valence-corrected chi connectivity index (χ1v) is 13.1. The summed E-state index contributed by atoms with van der Waals surface area (Å²) in [5.41, 5.74) is 3.69. The van der Waals surface area contributed by atoms with E-state index in [1.165, 1.54) is 10.5 Å². The van der Waals surface area contributed by atoms with E-state index in [9.17, 15) is 14.4 Å². The second-order valence-electron chi connectivity index (χ2n) is 10.3. The van der Waals surface area contributed by atoms with Gasteiger partial charge in [0.25, 0.3) is 5.91 Å². The molecule has 0 unspecified atom stereocenters. The molecule has 1 aromatic heterocycles. The summed E-state index contributed by atoms with van der Waals surface area (Å²) < 4.78 is 5.56. The summed E-state index contributed by atoms with van der Waals surface area (Å²) in [6.45, 7) is 7.15. The number of esters is 1. The molecule has 198 valence electrons. The fourth-order valence-electron chi connectivity index (χ4n) is 4.88. The van der Waals surface area contributed by atoms with Crippen LogP contribution in [0.25, 0.3) is 22.2 Å². The predicted octanol–water partition coefficient (Wildman–Crippen LogP) is 6.34. The van der Waals surface area contributed by atoms with Crippen molar-refractivity contribution in [2.75, 3.05) is 16.8 Å². The largest absolute Gasteiger partial charge is 0.452 e. The number of benzene rings is 3. The number of hydrogen-bond donors (Lipinski definition) is 1. The number of nitrogens with one attached hydrogen (secondary N) is 1. The van der Waals surface area contributed by atoms with E-state index in [0.717, 1.165) is 12.0 Å². The van der Waals surface area contributed by atoms with Gasteiger partial charge in [0.15, 0.2) is 6.61 Å². The fraction of sp³-hybridized carbons (Fsp3) is 0.250. The van der Waals surface area contributed by atoms with Gasteiger partial charge >= 0.3 is 5.97 Å². The molecule has 0 saturated carbocycles. The lowest BCUT2D eigenvalue weighted by molar-refractivity contribution is -0.128. The summed E-state index contributed by atoms with van der Waals surface area (Å²) in [6.07, 6.45) is 1.05. The first kappa shape index (κ1) is 26.1. The molecule has 7 heteroatoms. The SMILES string of the molecule is CC[C@H](C)c1ccc(-c2cc(C(=O)OCC(=O)N3c4ccccc4NC(=O)C3(C)C)c3ccccc3n2)cc1. The smallest absolute Gasteiger partial charge is 0.339 e. The summed E-state index contributed by atoms with van der Waals surface area (Å²) in [6, 6.07) is 24.3. The van der Waals surface area contributed by atoms with Gasteiger partial charge in [-0.1, -0.05) is 68.4 Å². The highest BCUT2D eigenvalue weighted by atomic mass is 16.5. The summed E-state index contributed by atoms with van der Waals surface area (Å²) in [7, 11) is 0. The molecule has 0 bridgehead atoms. The maximum atomic E-state index is 13.4. The van der Waals surface area contributed by atoms with Gasteiger partial charge in [-0.2, -0.15) is 0 Å². The minimum atomic E-state index is -1.16. The third kappa shape index (κ3) is 4.88. The number of aromatic nitrogens is 1. The molecular weight excluding hydrogens is 490 g/mol. The maximum Gasteiger partial charge on any atom is 0.339 e. The Hall–Kier alpha value is -4.52. The standard InChI is InChI=1S/C32H31N3O4/c1-5-20(2)21-14-16-22(17-15-21)27-18-24(23-10-6-7-11-25(23)33-27)30(37)39-19-29(36)35-28-13-9-8-12-26(28)34-31(38)32(35,3)4/h6-18,20H,5,19H2,1-4H3,(H,34,38)/t20-/m0/s1. The third-order valence-corrected chi connectivity index (χ3v) is 7.41.